The number of aryl methyl sites for hydroxylation is 3. The molecule has 0 radical (unpaired) electrons. The number of rotatable bonds is 0. The first kappa shape index (κ1) is 30.0. The molecule has 2 aliphatic carbocycles. The van der Waals surface area contributed by atoms with Crippen molar-refractivity contribution in [3.8, 4) is 0 Å². The van der Waals surface area contributed by atoms with Crippen molar-refractivity contribution in [2.45, 2.75) is 146 Å². The van der Waals surface area contributed by atoms with E-state index in [0.717, 1.165) is 11.5 Å². The Bertz CT molecular complexity index is 1160. The average molecular weight is 512 g/mol. The number of nitrogens with zero attached hydrogens (tertiary/aromatic N) is 3. The Labute approximate surface area is 228 Å². The van der Waals surface area contributed by atoms with Gasteiger partial charge in [-0.15, -0.1) is 0 Å². The summed E-state index contributed by atoms with van der Waals surface area (Å²) < 4.78 is 7.83. The zero-order valence-corrected chi connectivity index (χ0v) is 27.7. The molecule has 0 fully saturated rings. The largest absolute Gasteiger partial charge is 0.360 e. The fourth-order valence-electron chi connectivity index (χ4n) is 7.99. The maximum absolute atomic E-state index is 5.72. The average Bonchev–Trinajstić information content (AvgIpc) is 3.26. The van der Waals surface area contributed by atoms with Crippen molar-refractivity contribution in [3.05, 3.63) is 34.0 Å². The van der Waals surface area contributed by atoms with Gasteiger partial charge in [0.15, 0.2) is 0 Å². The first-order valence-electron chi connectivity index (χ1n) is 14.2. The Morgan fingerprint density at radius 3 is 1.35 bits per heavy atom. The third-order valence-electron chi connectivity index (χ3n) is 13.9. The molecule has 0 bridgehead atoms. The van der Waals surface area contributed by atoms with Gasteiger partial charge in [0.05, 0.1) is 11.4 Å². The smallest absolute Gasteiger partial charge is 0.146 e. The summed E-state index contributed by atoms with van der Waals surface area (Å²) in [6.07, 6.45) is 0. The molecule has 4 rings (SSSR count). The predicted octanol–water partition coefficient (Wildman–Crippen LogP) is 8.95. The van der Waals surface area contributed by atoms with Gasteiger partial charge in [0, 0.05) is 40.1 Å². The Kier molecular flexibility index (Phi) is 6.28. The molecule has 4 heteroatoms. The van der Waals surface area contributed by atoms with Gasteiger partial charge in [-0.1, -0.05) is 116 Å². The van der Waals surface area contributed by atoms with Crippen LogP contribution < -0.4 is 0 Å². The Morgan fingerprint density at radius 1 is 0.514 bits per heavy atom. The van der Waals surface area contributed by atoms with E-state index in [4.69, 9.17) is 9.62 Å². The lowest BCUT2D eigenvalue weighted by molar-refractivity contribution is -0.0551. The van der Waals surface area contributed by atoms with Crippen LogP contribution >= 0.6 is 0 Å². The molecule has 0 saturated heterocycles. The van der Waals surface area contributed by atoms with Crippen LogP contribution in [0.3, 0.4) is 0 Å². The van der Waals surface area contributed by atoms with Gasteiger partial charge in [0.25, 0.3) is 0 Å². The minimum absolute atomic E-state index is 0.0113. The minimum atomic E-state index is -0.0113. The van der Waals surface area contributed by atoms with Crippen LogP contribution in [0.1, 0.15) is 145 Å². The third kappa shape index (κ3) is 3.26. The summed E-state index contributed by atoms with van der Waals surface area (Å²) in [7, 11) is 2.10. The molecule has 0 spiro atoms. The van der Waals surface area contributed by atoms with Gasteiger partial charge in [-0.25, -0.2) is 0 Å². The molecule has 0 atom stereocenters. The molecule has 0 unspecified atom stereocenters. The van der Waals surface area contributed by atoms with Gasteiger partial charge in [0.2, 0.25) is 0 Å². The number of aromatic nitrogens is 3. The molecular formula is C33H57N3O. The summed E-state index contributed by atoms with van der Waals surface area (Å²) in [6, 6.07) is 0. The molecule has 0 amide bonds. The highest BCUT2D eigenvalue weighted by Gasteiger charge is 2.64. The summed E-state index contributed by atoms with van der Waals surface area (Å²) in [5, 5.41) is 8.98. The zero-order valence-electron chi connectivity index (χ0n) is 27.7. The number of hydrogen-bond donors (Lipinski definition) is 0. The lowest BCUT2D eigenvalue weighted by atomic mass is 9.41. The first-order chi connectivity index (χ1) is 16.2. The maximum Gasteiger partial charge on any atom is 0.146 e. The highest BCUT2D eigenvalue weighted by molar-refractivity contribution is 5.45. The van der Waals surface area contributed by atoms with Crippen molar-refractivity contribution in [1.29, 1.82) is 0 Å². The molecule has 37 heavy (non-hydrogen) atoms. The Hall–Kier alpha value is -1.58. The summed E-state index contributed by atoms with van der Waals surface area (Å²) in [5.74, 6) is 1.08. The molecular weight excluding hydrogens is 454 g/mol. The first-order valence-corrected chi connectivity index (χ1v) is 14.2. The van der Waals surface area contributed by atoms with Gasteiger partial charge >= 0.3 is 0 Å². The van der Waals surface area contributed by atoms with Crippen molar-refractivity contribution in [1.82, 2.24) is 14.9 Å². The van der Waals surface area contributed by atoms with Crippen LogP contribution in [0.2, 0.25) is 0 Å². The molecule has 4 nitrogen and oxygen atoms in total. The van der Waals surface area contributed by atoms with Gasteiger partial charge in [-0.05, 0) is 40.9 Å². The van der Waals surface area contributed by atoms with Crippen molar-refractivity contribution in [2.75, 3.05) is 0 Å². The highest BCUT2D eigenvalue weighted by Crippen LogP contribution is 2.67. The fraction of sp³-hybridized carbons (Fsp3) is 0.818. The quantitative estimate of drug-likeness (QED) is 0.354. The normalized spacial score (nSPS) is 26.4. The summed E-state index contributed by atoms with van der Waals surface area (Å²) in [5.41, 5.74) is 7.40. The molecule has 2 aromatic rings. The van der Waals surface area contributed by atoms with Crippen molar-refractivity contribution in [3.63, 3.8) is 0 Å². The maximum atomic E-state index is 5.72. The van der Waals surface area contributed by atoms with E-state index >= 15 is 0 Å². The zero-order chi connectivity index (χ0) is 29.2. The molecule has 2 aliphatic rings. The van der Waals surface area contributed by atoms with E-state index in [-0.39, 0.29) is 43.3 Å². The van der Waals surface area contributed by atoms with E-state index in [9.17, 15) is 0 Å². The van der Waals surface area contributed by atoms with E-state index in [0.29, 0.717) is 0 Å². The summed E-state index contributed by atoms with van der Waals surface area (Å²) in [6.45, 7) is 42.1. The fourth-order valence-corrected chi connectivity index (χ4v) is 7.99. The van der Waals surface area contributed by atoms with Crippen LogP contribution in [-0.4, -0.2) is 14.9 Å². The number of hydrogen-bond acceptors (Lipinski definition) is 3. The van der Waals surface area contributed by atoms with Gasteiger partial charge < -0.3 is 4.52 Å². The molecule has 0 aliphatic heterocycles. The monoisotopic (exact) mass is 511 g/mol. The van der Waals surface area contributed by atoms with Crippen LogP contribution in [0.25, 0.3) is 0 Å². The number of fused-ring (bicyclic) bond motifs is 2. The highest BCUT2D eigenvalue weighted by atomic mass is 16.5. The lowest BCUT2D eigenvalue weighted by Crippen LogP contribution is -2.60. The standard InChI is InChI=1S/C17H30N2.C16H27NO/c1-11-12-13(19(10)18-11)15(4,5)17(8,9)16(6,7)14(12,2)3;1-10-11-12(18-17-10)14(4,5)16(8,9)15(6,7)13(11,2)3/h1-10H3;1-9H3. The van der Waals surface area contributed by atoms with Gasteiger partial charge in [-0.3, -0.25) is 4.68 Å². The lowest BCUT2D eigenvalue weighted by Gasteiger charge is -2.63. The van der Waals surface area contributed by atoms with E-state index in [1.54, 1.807) is 0 Å². The SMILES string of the molecule is Cc1nn(C)c2c1C(C)(C)C(C)(C)C(C)(C)C2(C)C.Cc1noc2c1C(C)(C)C(C)(C)C(C)(C)C2(C)C. The van der Waals surface area contributed by atoms with Crippen LogP contribution in [0.5, 0.6) is 0 Å². The van der Waals surface area contributed by atoms with Gasteiger partial charge in [-0.2, -0.15) is 5.10 Å². The second kappa shape index (κ2) is 7.75. The molecule has 0 N–H and O–H groups in total. The second-order valence-corrected chi connectivity index (χ2v) is 16.4. The molecule has 0 aromatic carbocycles. The second-order valence-electron chi connectivity index (χ2n) is 16.4. The summed E-state index contributed by atoms with van der Waals surface area (Å²) in [4.78, 5) is 0. The minimum Gasteiger partial charge on any atom is -0.360 e. The van der Waals surface area contributed by atoms with Crippen LogP contribution in [-0.2, 0) is 28.7 Å². The van der Waals surface area contributed by atoms with Crippen molar-refractivity contribution < 1.29 is 4.52 Å². The molecule has 0 saturated carbocycles. The van der Waals surface area contributed by atoms with Crippen LogP contribution in [0.4, 0.5) is 0 Å². The Morgan fingerprint density at radius 2 is 0.892 bits per heavy atom. The van der Waals surface area contributed by atoms with Crippen molar-refractivity contribution >= 4 is 0 Å². The molecule has 2 heterocycles. The van der Waals surface area contributed by atoms with E-state index in [2.05, 4.69) is 142 Å². The van der Waals surface area contributed by atoms with Crippen LogP contribution in [0.15, 0.2) is 4.52 Å². The van der Waals surface area contributed by atoms with Gasteiger partial charge in [0.1, 0.15) is 5.76 Å². The van der Waals surface area contributed by atoms with E-state index < -0.39 is 0 Å². The molecule has 210 valence electrons. The third-order valence-corrected chi connectivity index (χ3v) is 13.9. The summed E-state index contributed by atoms with van der Waals surface area (Å²) >= 11 is 0. The van der Waals surface area contributed by atoms with Crippen LogP contribution in [0, 0.1) is 35.5 Å². The molecule has 2 aromatic heterocycles. The predicted molar refractivity (Wildman–Crippen MR) is 156 cm³/mol. The Balaban J connectivity index is 0.000000206. The van der Waals surface area contributed by atoms with E-state index in [1.165, 1.54) is 22.5 Å². The van der Waals surface area contributed by atoms with Crippen molar-refractivity contribution in [2.24, 2.45) is 28.7 Å². The topological polar surface area (TPSA) is 43.9 Å². The van der Waals surface area contributed by atoms with E-state index in [1.807, 2.05) is 0 Å².